The standard InChI is InChI=1S/C15H12BrN3O2S2/c16-13-2-1-3-14(8-13)23(20,21)17-9-11-4-6-12(7-5-11)15-10-22-19-18-15/h1-8,10,17H,9H2. The first-order valence-electron chi connectivity index (χ1n) is 6.66. The number of sulfonamides is 1. The molecule has 0 bridgehead atoms. The molecule has 0 spiro atoms. The van der Waals surface area contributed by atoms with E-state index in [1.807, 2.05) is 29.6 Å². The minimum atomic E-state index is -3.53. The van der Waals surface area contributed by atoms with E-state index in [4.69, 9.17) is 0 Å². The van der Waals surface area contributed by atoms with Crippen molar-refractivity contribution in [3.05, 3.63) is 63.9 Å². The van der Waals surface area contributed by atoms with Crippen LogP contribution in [0.15, 0.2) is 63.3 Å². The second-order valence-electron chi connectivity index (χ2n) is 4.77. The molecule has 1 N–H and O–H groups in total. The molecule has 0 aliphatic heterocycles. The fraction of sp³-hybridized carbons (Fsp3) is 0.0667. The maximum absolute atomic E-state index is 12.3. The molecule has 0 fully saturated rings. The molecule has 0 unspecified atom stereocenters. The van der Waals surface area contributed by atoms with Gasteiger partial charge in [-0.15, -0.1) is 5.10 Å². The van der Waals surface area contributed by atoms with Crippen LogP contribution in [0, 0.1) is 0 Å². The highest BCUT2D eigenvalue weighted by Crippen LogP contribution is 2.19. The summed E-state index contributed by atoms with van der Waals surface area (Å²) in [4.78, 5) is 0.233. The highest BCUT2D eigenvalue weighted by atomic mass is 79.9. The lowest BCUT2D eigenvalue weighted by Gasteiger charge is -2.07. The van der Waals surface area contributed by atoms with Crippen molar-refractivity contribution >= 4 is 37.5 Å². The van der Waals surface area contributed by atoms with Crippen molar-refractivity contribution in [2.75, 3.05) is 0 Å². The Morgan fingerprint density at radius 3 is 2.57 bits per heavy atom. The van der Waals surface area contributed by atoms with Gasteiger partial charge in [0.15, 0.2) is 0 Å². The first kappa shape index (κ1) is 16.3. The second-order valence-corrected chi connectivity index (χ2v) is 8.06. The second kappa shape index (κ2) is 6.88. The molecular weight excluding hydrogens is 398 g/mol. The van der Waals surface area contributed by atoms with Gasteiger partial charge in [0.2, 0.25) is 10.0 Å². The number of benzene rings is 2. The molecule has 0 saturated heterocycles. The van der Waals surface area contributed by atoms with Gasteiger partial charge in [-0.05, 0) is 35.3 Å². The van der Waals surface area contributed by atoms with E-state index in [0.717, 1.165) is 21.3 Å². The van der Waals surface area contributed by atoms with Crippen molar-refractivity contribution in [2.45, 2.75) is 11.4 Å². The van der Waals surface area contributed by atoms with E-state index in [1.54, 1.807) is 24.3 Å². The Balaban J connectivity index is 1.70. The van der Waals surface area contributed by atoms with E-state index in [2.05, 4.69) is 30.2 Å². The molecule has 1 aromatic heterocycles. The molecule has 0 amide bonds. The summed E-state index contributed by atoms with van der Waals surface area (Å²) in [6, 6.07) is 14.2. The van der Waals surface area contributed by atoms with E-state index >= 15 is 0 Å². The fourth-order valence-electron chi connectivity index (χ4n) is 1.98. The Kier molecular flexibility index (Phi) is 4.86. The van der Waals surface area contributed by atoms with Gasteiger partial charge in [-0.3, -0.25) is 0 Å². The third-order valence-electron chi connectivity index (χ3n) is 3.18. The predicted molar refractivity (Wildman–Crippen MR) is 93.5 cm³/mol. The summed E-state index contributed by atoms with van der Waals surface area (Å²) in [5, 5.41) is 5.87. The number of hydrogen-bond acceptors (Lipinski definition) is 5. The smallest absolute Gasteiger partial charge is 0.207 e. The first-order chi connectivity index (χ1) is 11.0. The Labute approximate surface area is 146 Å². The van der Waals surface area contributed by atoms with Crippen LogP contribution < -0.4 is 4.72 Å². The maximum atomic E-state index is 12.3. The van der Waals surface area contributed by atoms with Crippen LogP contribution in [0.4, 0.5) is 0 Å². The van der Waals surface area contributed by atoms with E-state index in [-0.39, 0.29) is 11.4 Å². The van der Waals surface area contributed by atoms with Crippen molar-refractivity contribution in [1.29, 1.82) is 0 Å². The summed E-state index contributed by atoms with van der Waals surface area (Å²) in [6.45, 7) is 0.227. The molecule has 23 heavy (non-hydrogen) atoms. The topological polar surface area (TPSA) is 72.0 Å². The molecule has 0 aliphatic carbocycles. The van der Waals surface area contributed by atoms with Crippen LogP contribution in [0.5, 0.6) is 0 Å². The number of halogens is 1. The monoisotopic (exact) mass is 409 g/mol. The molecule has 0 saturated carbocycles. The summed E-state index contributed by atoms with van der Waals surface area (Å²) in [7, 11) is -3.53. The molecule has 1 heterocycles. The van der Waals surface area contributed by atoms with Gasteiger partial charge in [-0.1, -0.05) is 50.8 Å². The Bertz CT molecular complexity index is 895. The molecule has 3 aromatic rings. The molecule has 3 rings (SSSR count). The number of nitrogens with one attached hydrogen (secondary N) is 1. The summed E-state index contributed by atoms with van der Waals surface area (Å²) < 4.78 is 31.7. The van der Waals surface area contributed by atoms with E-state index in [0.29, 0.717) is 0 Å². The van der Waals surface area contributed by atoms with Crippen molar-refractivity contribution in [3.63, 3.8) is 0 Å². The lowest BCUT2D eigenvalue weighted by molar-refractivity contribution is 0.581. The van der Waals surface area contributed by atoms with Crippen molar-refractivity contribution in [2.24, 2.45) is 0 Å². The van der Waals surface area contributed by atoms with Gasteiger partial charge < -0.3 is 0 Å². The minimum absolute atomic E-state index is 0.227. The Hall–Kier alpha value is -1.61. The predicted octanol–water partition coefficient (Wildman–Crippen LogP) is 3.45. The molecule has 0 radical (unpaired) electrons. The molecule has 2 aromatic carbocycles. The first-order valence-corrected chi connectivity index (χ1v) is 9.77. The molecule has 118 valence electrons. The quantitative estimate of drug-likeness (QED) is 0.700. The molecule has 5 nitrogen and oxygen atoms in total. The van der Waals surface area contributed by atoms with Gasteiger partial charge >= 0.3 is 0 Å². The van der Waals surface area contributed by atoms with Crippen LogP contribution in [-0.2, 0) is 16.6 Å². The molecule has 0 aliphatic rings. The lowest BCUT2D eigenvalue weighted by Crippen LogP contribution is -2.23. The third kappa shape index (κ3) is 4.03. The zero-order chi connectivity index (χ0) is 16.3. The zero-order valence-corrected chi connectivity index (χ0v) is 15.0. The van der Waals surface area contributed by atoms with Gasteiger partial charge in [0.25, 0.3) is 0 Å². The third-order valence-corrected chi connectivity index (χ3v) is 5.58. The average molecular weight is 410 g/mol. The van der Waals surface area contributed by atoms with Gasteiger partial charge in [-0.25, -0.2) is 13.1 Å². The Morgan fingerprint density at radius 1 is 1.13 bits per heavy atom. The Morgan fingerprint density at radius 2 is 1.91 bits per heavy atom. The SMILES string of the molecule is O=S(=O)(NCc1ccc(-c2csnn2)cc1)c1cccc(Br)c1. The van der Waals surface area contributed by atoms with Crippen LogP contribution in [0.25, 0.3) is 11.3 Å². The number of hydrogen-bond donors (Lipinski definition) is 1. The average Bonchev–Trinajstić information content (AvgIpc) is 3.08. The van der Waals surface area contributed by atoms with Gasteiger partial charge in [0.05, 0.1) is 4.90 Å². The van der Waals surface area contributed by atoms with Crippen molar-refractivity contribution in [3.8, 4) is 11.3 Å². The lowest BCUT2D eigenvalue weighted by atomic mass is 10.1. The number of rotatable bonds is 5. The zero-order valence-electron chi connectivity index (χ0n) is 11.8. The molecule has 0 atom stereocenters. The van der Waals surface area contributed by atoms with Crippen LogP contribution in [-0.4, -0.2) is 18.0 Å². The molecular formula is C15H12BrN3O2S2. The highest BCUT2D eigenvalue weighted by molar-refractivity contribution is 9.10. The highest BCUT2D eigenvalue weighted by Gasteiger charge is 2.13. The van der Waals surface area contributed by atoms with Crippen LogP contribution in [0.1, 0.15) is 5.56 Å². The van der Waals surface area contributed by atoms with Crippen molar-refractivity contribution < 1.29 is 8.42 Å². The largest absolute Gasteiger partial charge is 0.240 e. The van der Waals surface area contributed by atoms with E-state index in [9.17, 15) is 8.42 Å². The summed E-state index contributed by atoms with van der Waals surface area (Å²) in [5.74, 6) is 0. The fourth-order valence-corrected chi connectivity index (χ4v) is 4.06. The summed E-state index contributed by atoms with van der Waals surface area (Å²) in [6.07, 6.45) is 0. The number of nitrogens with zero attached hydrogens (tertiary/aromatic N) is 2. The van der Waals surface area contributed by atoms with Crippen LogP contribution in [0.2, 0.25) is 0 Å². The maximum Gasteiger partial charge on any atom is 0.240 e. The van der Waals surface area contributed by atoms with E-state index < -0.39 is 10.0 Å². The van der Waals surface area contributed by atoms with Crippen LogP contribution >= 0.6 is 27.5 Å². The van der Waals surface area contributed by atoms with Gasteiger partial charge in [0.1, 0.15) is 5.69 Å². The normalized spacial score (nSPS) is 11.5. The van der Waals surface area contributed by atoms with Gasteiger partial charge in [0, 0.05) is 22.0 Å². The van der Waals surface area contributed by atoms with Crippen molar-refractivity contribution in [1.82, 2.24) is 14.3 Å². The summed E-state index contributed by atoms with van der Waals surface area (Å²) in [5.41, 5.74) is 2.64. The van der Waals surface area contributed by atoms with Gasteiger partial charge in [-0.2, -0.15) is 0 Å². The minimum Gasteiger partial charge on any atom is -0.207 e. The van der Waals surface area contributed by atoms with Crippen LogP contribution in [0.3, 0.4) is 0 Å². The van der Waals surface area contributed by atoms with E-state index in [1.165, 1.54) is 11.5 Å². The summed E-state index contributed by atoms with van der Waals surface area (Å²) >= 11 is 4.57. The molecule has 8 heteroatoms. The number of aromatic nitrogens is 2.